The molecule has 1 aromatic heterocycles. The number of fused-ring (bicyclic) bond motifs is 1. The van der Waals surface area contributed by atoms with Crippen LogP contribution in [0.25, 0.3) is 10.1 Å². The Morgan fingerprint density at radius 2 is 1.71 bits per heavy atom. The first-order chi connectivity index (χ1) is 11.6. The molecule has 0 saturated carbocycles. The van der Waals surface area contributed by atoms with Gasteiger partial charge >= 0.3 is 0 Å². The fourth-order valence-electron chi connectivity index (χ4n) is 2.51. The maximum atomic E-state index is 13.2. The number of thiophene rings is 1. The number of sulfonamides is 1. The van der Waals surface area contributed by atoms with Gasteiger partial charge in [-0.3, -0.25) is 4.31 Å². The van der Waals surface area contributed by atoms with Crippen molar-refractivity contribution in [3.8, 4) is 0 Å². The van der Waals surface area contributed by atoms with Crippen molar-refractivity contribution in [3.05, 3.63) is 59.1 Å². The molecule has 3 nitrogen and oxygen atoms in total. The summed E-state index contributed by atoms with van der Waals surface area (Å²) in [5.41, 5.74) is 0. The lowest BCUT2D eigenvalue weighted by molar-refractivity contribution is 0.589. The van der Waals surface area contributed by atoms with Crippen LogP contribution in [0.15, 0.2) is 64.0 Å². The number of anilines is 1. The van der Waals surface area contributed by atoms with Crippen molar-refractivity contribution in [1.82, 2.24) is 0 Å². The van der Waals surface area contributed by atoms with Gasteiger partial charge in [-0.1, -0.05) is 49.7 Å². The van der Waals surface area contributed by atoms with E-state index in [1.54, 1.807) is 28.6 Å². The van der Waals surface area contributed by atoms with Crippen molar-refractivity contribution in [3.63, 3.8) is 0 Å². The Labute approximate surface area is 155 Å². The van der Waals surface area contributed by atoms with Gasteiger partial charge in [-0.05, 0) is 40.5 Å². The number of hydrogen-bond donors (Lipinski definition) is 0. The predicted octanol–water partition coefficient (Wildman–Crippen LogP) is 5.66. The third-order valence-corrected chi connectivity index (χ3v) is 7.98. The van der Waals surface area contributed by atoms with Crippen LogP contribution in [0.2, 0.25) is 0 Å². The molecule has 126 valence electrons. The van der Waals surface area contributed by atoms with Crippen LogP contribution in [-0.4, -0.2) is 15.0 Å². The molecule has 0 atom stereocenters. The molecule has 0 aliphatic rings. The standard InChI is InChI=1S/C18H18BrNO2S2/c1-2-3-13-20(24(21,22)14-9-5-4-6-10-14)18-17(19)15-11-7-8-12-16(15)23-18/h4-12H,2-3,13H2,1H3. The van der Waals surface area contributed by atoms with Crippen molar-refractivity contribution in [2.24, 2.45) is 0 Å². The van der Waals surface area contributed by atoms with Gasteiger partial charge < -0.3 is 0 Å². The highest BCUT2D eigenvalue weighted by Gasteiger charge is 2.28. The monoisotopic (exact) mass is 423 g/mol. The van der Waals surface area contributed by atoms with Gasteiger partial charge in [0.2, 0.25) is 0 Å². The molecule has 0 spiro atoms. The second-order valence-electron chi connectivity index (χ2n) is 5.46. The molecular formula is C18H18BrNO2S2. The van der Waals surface area contributed by atoms with Crippen molar-refractivity contribution >= 4 is 52.4 Å². The molecule has 0 aliphatic carbocycles. The topological polar surface area (TPSA) is 37.4 Å². The molecule has 24 heavy (non-hydrogen) atoms. The Kier molecular flexibility index (Phi) is 5.27. The van der Waals surface area contributed by atoms with Crippen LogP contribution < -0.4 is 4.31 Å². The molecule has 0 unspecified atom stereocenters. The van der Waals surface area contributed by atoms with E-state index in [0.29, 0.717) is 11.4 Å². The fourth-order valence-corrected chi connectivity index (χ4v) is 6.43. The lowest BCUT2D eigenvalue weighted by Crippen LogP contribution is -2.31. The van der Waals surface area contributed by atoms with Crippen molar-refractivity contribution in [1.29, 1.82) is 0 Å². The number of halogens is 1. The van der Waals surface area contributed by atoms with Crippen molar-refractivity contribution in [2.45, 2.75) is 24.7 Å². The van der Waals surface area contributed by atoms with Crippen LogP contribution in [0.5, 0.6) is 0 Å². The molecule has 0 aliphatic heterocycles. The molecule has 0 radical (unpaired) electrons. The molecule has 2 aromatic carbocycles. The number of nitrogens with zero attached hydrogens (tertiary/aromatic N) is 1. The minimum atomic E-state index is -3.58. The highest BCUT2D eigenvalue weighted by atomic mass is 79.9. The molecule has 3 rings (SSSR count). The van der Waals surface area contributed by atoms with Crippen LogP contribution >= 0.6 is 27.3 Å². The normalized spacial score (nSPS) is 11.8. The highest BCUT2D eigenvalue weighted by Crippen LogP contribution is 2.43. The predicted molar refractivity (Wildman–Crippen MR) is 105 cm³/mol. The van der Waals surface area contributed by atoms with Crippen LogP contribution in [0.1, 0.15) is 19.8 Å². The summed E-state index contributed by atoms with van der Waals surface area (Å²) in [4.78, 5) is 0.324. The van der Waals surface area contributed by atoms with E-state index in [0.717, 1.165) is 32.4 Å². The minimum Gasteiger partial charge on any atom is -0.256 e. The summed E-state index contributed by atoms with van der Waals surface area (Å²) in [6.07, 6.45) is 1.75. The zero-order valence-electron chi connectivity index (χ0n) is 13.3. The zero-order valence-corrected chi connectivity index (χ0v) is 16.5. The average Bonchev–Trinajstić information content (AvgIpc) is 2.93. The Morgan fingerprint density at radius 3 is 2.38 bits per heavy atom. The molecule has 0 fully saturated rings. The Bertz CT molecular complexity index is 936. The summed E-state index contributed by atoms with van der Waals surface area (Å²) in [6, 6.07) is 16.6. The second-order valence-corrected chi connectivity index (χ2v) is 9.15. The molecule has 0 amide bonds. The SMILES string of the molecule is CCCCN(c1sc2ccccc2c1Br)S(=O)(=O)c1ccccc1. The van der Waals surface area contributed by atoms with Crippen molar-refractivity contribution < 1.29 is 8.42 Å². The van der Waals surface area contributed by atoms with Crippen molar-refractivity contribution in [2.75, 3.05) is 10.8 Å². The van der Waals surface area contributed by atoms with Gasteiger partial charge in [-0.15, -0.1) is 11.3 Å². The summed E-state index contributed by atoms with van der Waals surface area (Å²) < 4.78 is 29.8. The second kappa shape index (κ2) is 7.25. The largest absolute Gasteiger partial charge is 0.264 e. The Morgan fingerprint density at radius 1 is 1.04 bits per heavy atom. The first kappa shape index (κ1) is 17.5. The molecule has 0 saturated heterocycles. The van der Waals surface area contributed by atoms with Crippen LogP contribution in [0.4, 0.5) is 5.00 Å². The summed E-state index contributed by atoms with van der Waals surface area (Å²) in [7, 11) is -3.58. The lowest BCUT2D eigenvalue weighted by Gasteiger charge is -2.23. The number of rotatable bonds is 6. The maximum Gasteiger partial charge on any atom is 0.264 e. The third-order valence-electron chi connectivity index (χ3n) is 3.79. The van der Waals surface area contributed by atoms with Gasteiger partial charge in [0, 0.05) is 16.6 Å². The van der Waals surface area contributed by atoms with E-state index in [1.165, 1.54) is 11.3 Å². The summed E-state index contributed by atoms with van der Waals surface area (Å²) in [5.74, 6) is 0. The minimum absolute atomic E-state index is 0.324. The summed E-state index contributed by atoms with van der Waals surface area (Å²) >= 11 is 5.12. The first-order valence-corrected chi connectivity index (χ1v) is 10.9. The van der Waals surface area contributed by atoms with E-state index in [4.69, 9.17) is 0 Å². The lowest BCUT2D eigenvalue weighted by atomic mass is 10.3. The molecular weight excluding hydrogens is 406 g/mol. The molecule has 0 bridgehead atoms. The first-order valence-electron chi connectivity index (χ1n) is 7.80. The van der Waals surface area contributed by atoms with E-state index in [2.05, 4.69) is 22.9 Å². The van der Waals surface area contributed by atoms with Gasteiger partial charge in [-0.2, -0.15) is 0 Å². The molecule has 3 aromatic rings. The molecule has 1 heterocycles. The Balaban J connectivity index is 2.14. The van der Waals surface area contributed by atoms with E-state index in [-0.39, 0.29) is 0 Å². The van der Waals surface area contributed by atoms with E-state index >= 15 is 0 Å². The number of hydrogen-bond acceptors (Lipinski definition) is 3. The smallest absolute Gasteiger partial charge is 0.256 e. The van der Waals surface area contributed by atoms with E-state index in [1.807, 2.05) is 30.3 Å². The molecule has 0 N–H and O–H groups in total. The quantitative estimate of drug-likeness (QED) is 0.512. The fraction of sp³-hybridized carbons (Fsp3) is 0.222. The summed E-state index contributed by atoms with van der Waals surface area (Å²) in [6.45, 7) is 2.53. The molecule has 6 heteroatoms. The zero-order chi connectivity index (χ0) is 17.2. The van der Waals surface area contributed by atoms with Gasteiger partial charge in [0.15, 0.2) is 0 Å². The van der Waals surface area contributed by atoms with Crippen LogP contribution in [0, 0.1) is 0 Å². The number of unbranched alkanes of at least 4 members (excludes halogenated alkanes) is 1. The average molecular weight is 424 g/mol. The maximum absolute atomic E-state index is 13.2. The van der Waals surface area contributed by atoms with Crippen LogP contribution in [-0.2, 0) is 10.0 Å². The van der Waals surface area contributed by atoms with Gasteiger partial charge in [-0.25, -0.2) is 8.42 Å². The van der Waals surface area contributed by atoms with E-state index < -0.39 is 10.0 Å². The van der Waals surface area contributed by atoms with E-state index in [9.17, 15) is 8.42 Å². The summed E-state index contributed by atoms with van der Waals surface area (Å²) in [5, 5.41) is 1.79. The van der Waals surface area contributed by atoms with Crippen LogP contribution in [0.3, 0.4) is 0 Å². The van der Waals surface area contributed by atoms with Gasteiger partial charge in [0.05, 0.1) is 9.37 Å². The highest BCUT2D eigenvalue weighted by molar-refractivity contribution is 9.10. The number of benzene rings is 2. The van der Waals surface area contributed by atoms with Gasteiger partial charge in [0.1, 0.15) is 5.00 Å². The van der Waals surface area contributed by atoms with Gasteiger partial charge in [0.25, 0.3) is 10.0 Å². The third kappa shape index (κ3) is 3.23. The Hall–Kier alpha value is -1.37.